The van der Waals surface area contributed by atoms with E-state index in [1.165, 1.54) is 4.90 Å². The molecule has 27 heavy (non-hydrogen) atoms. The highest BCUT2D eigenvalue weighted by atomic mass is 35.5. The number of hydrogen-bond acceptors (Lipinski definition) is 5. The van der Waals surface area contributed by atoms with Gasteiger partial charge in [0.25, 0.3) is 5.24 Å². The minimum Gasteiger partial charge on any atom is -0.493 e. The minimum absolute atomic E-state index is 0.173. The van der Waals surface area contributed by atoms with Crippen LogP contribution in [0.15, 0.2) is 42.5 Å². The van der Waals surface area contributed by atoms with Gasteiger partial charge in [-0.1, -0.05) is 41.6 Å². The van der Waals surface area contributed by atoms with Gasteiger partial charge in [0.05, 0.1) is 25.5 Å². The van der Waals surface area contributed by atoms with Crippen LogP contribution in [0.5, 0.6) is 11.5 Å². The zero-order chi connectivity index (χ0) is 19.4. The van der Waals surface area contributed by atoms with Crippen LogP contribution in [0, 0.1) is 0 Å². The predicted octanol–water partition coefficient (Wildman–Crippen LogP) is 4.55. The Labute approximate surface area is 167 Å². The maximum Gasteiger partial charge on any atom is 0.289 e. The molecule has 5 nitrogen and oxygen atoms in total. The summed E-state index contributed by atoms with van der Waals surface area (Å²) in [6.07, 6.45) is 0.453. The molecule has 0 unspecified atom stereocenters. The van der Waals surface area contributed by atoms with E-state index in [-0.39, 0.29) is 17.7 Å². The van der Waals surface area contributed by atoms with Crippen molar-refractivity contribution in [1.82, 2.24) is 4.90 Å². The second kappa shape index (κ2) is 8.67. The van der Waals surface area contributed by atoms with Crippen LogP contribution in [-0.2, 0) is 17.8 Å². The van der Waals surface area contributed by atoms with Crippen molar-refractivity contribution in [2.75, 3.05) is 13.7 Å². The van der Waals surface area contributed by atoms with Crippen LogP contribution in [0.1, 0.15) is 18.1 Å². The fraction of sp³-hybridized carbons (Fsp3) is 0.300. The van der Waals surface area contributed by atoms with Gasteiger partial charge in [-0.25, -0.2) is 0 Å². The summed E-state index contributed by atoms with van der Waals surface area (Å²) in [6, 6.07) is 12.7. The number of thioether (sulfide) groups is 1. The second-order valence-electron chi connectivity index (χ2n) is 6.05. The first-order valence-corrected chi connectivity index (χ1v) is 9.83. The molecule has 0 N–H and O–H groups in total. The molecule has 0 aliphatic carbocycles. The van der Waals surface area contributed by atoms with E-state index >= 15 is 0 Å². The highest BCUT2D eigenvalue weighted by Gasteiger charge is 2.39. The zero-order valence-electron chi connectivity index (χ0n) is 15.1. The molecule has 0 radical (unpaired) electrons. The maximum absolute atomic E-state index is 12.7. The first-order chi connectivity index (χ1) is 13.0. The Kier molecular flexibility index (Phi) is 6.29. The smallest absolute Gasteiger partial charge is 0.289 e. The molecule has 2 amide bonds. The van der Waals surface area contributed by atoms with Gasteiger partial charge >= 0.3 is 0 Å². The van der Waals surface area contributed by atoms with Crippen molar-refractivity contribution in [3.63, 3.8) is 0 Å². The molecule has 1 heterocycles. The zero-order valence-corrected chi connectivity index (χ0v) is 16.7. The van der Waals surface area contributed by atoms with Crippen molar-refractivity contribution in [2.45, 2.75) is 25.1 Å². The van der Waals surface area contributed by atoms with Crippen molar-refractivity contribution >= 4 is 34.5 Å². The Bertz CT molecular complexity index is 840. The highest BCUT2D eigenvalue weighted by molar-refractivity contribution is 8.15. The normalized spacial score (nSPS) is 16.7. The standard InChI is InChI=1S/C20H20ClNO4S/c1-3-26-16-9-6-14(10-17(16)25-2)11-18-19(23)22(20(24)27-18)12-13-4-7-15(21)8-5-13/h4-10,18H,3,11-12H2,1-2H3/t18-/m1/s1. The number of amides is 2. The topological polar surface area (TPSA) is 55.8 Å². The number of benzene rings is 2. The lowest BCUT2D eigenvalue weighted by Gasteiger charge is -2.15. The number of halogens is 1. The molecule has 0 saturated carbocycles. The van der Waals surface area contributed by atoms with Gasteiger partial charge in [-0.3, -0.25) is 14.5 Å². The van der Waals surface area contributed by atoms with Crippen molar-refractivity contribution in [1.29, 1.82) is 0 Å². The lowest BCUT2D eigenvalue weighted by Crippen LogP contribution is -2.31. The van der Waals surface area contributed by atoms with E-state index < -0.39 is 5.25 Å². The van der Waals surface area contributed by atoms with Gasteiger partial charge in [-0.2, -0.15) is 0 Å². The SMILES string of the molecule is CCOc1ccc(C[C@H]2SC(=O)N(Cc3ccc(Cl)cc3)C2=O)cc1OC. The lowest BCUT2D eigenvalue weighted by molar-refractivity contribution is -0.127. The Hall–Kier alpha value is -2.18. The monoisotopic (exact) mass is 405 g/mol. The van der Waals surface area contributed by atoms with Crippen LogP contribution < -0.4 is 9.47 Å². The molecular formula is C20H20ClNO4S. The third-order valence-corrected chi connectivity index (χ3v) is 5.53. The summed E-state index contributed by atoms with van der Waals surface area (Å²) in [4.78, 5) is 26.3. The Morgan fingerprint density at radius 1 is 1.07 bits per heavy atom. The second-order valence-corrected chi connectivity index (χ2v) is 7.64. The summed E-state index contributed by atoms with van der Waals surface area (Å²) in [7, 11) is 1.58. The van der Waals surface area contributed by atoms with Crippen LogP contribution >= 0.6 is 23.4 Å². The van der Waals surface area contributed by atoms with Gasteiger partial charge in [0.15, 0.2) is 11.5 Å². The number of methoxy groups -OCH3 is 1. The predicted molar refractivity (Wildman–Crippen MR) is 107 cm³/mol. The minimum atomic E-state index is -0.438. The van der Waals surface area contributed by atoms with Crippen molar-refractivity contribution < 1.29 is 19.1 Å². The van der Waals surface area contributed by atoms with Gasteiger partial charge in [-0.15, -0.1) is 0 Å². The molecule has 1 fully saturated rings. The van der Waals surface area contributed by atoms with Gasteiger partial charge in [0.1, 0.15) is 0 Å². The molecule has 2 aromatic rings. The molecule has 1 atom stereocenters. The van der Waals surface area contributed by atoms with E-state index in [1.807, 2.05) is 37.3 Å². The summed E-state index contributed by atoms with van der Waals surface area (Å²) in [6.45, 7) is 2.70. The molecule has 0 bridgehead atoms. The molecule has 2 aromatic carbocycles. The molecular weight excluding hydrogens is 386 g/mol. The largest absolute Gasteiger partial charge is 0.493 e. The van der Waals surface area contributed by atoms with Gasteiger partial charge in [0.2, 0.25) is 5.91 Å². The quantitative estimate of drug-likeness (QED) is 0.676. The Morgan fingerprint density at radius 3 is 2.44 bits per heavy atom. The molecule has 1 aliphatic rings. The van der Waals surface area contributed by atoms with Gasteiger partial charge < -0.3 is 9.47 Å². The van der Waals surface area contributed by atoms with Crippen LogP contribution in [0.2, 0.25) is 5.02 Å². The number of carbonyl (C=O) groups is 2. The summed E-state index contributed by atoms with van der Waals surface area (Å²) >= 11 is 6.95. The van der Waals surface area contributed by atoms with E-state index in [9.17, 15) is 9.59 Å². The Morgan fingerprint density at radius 2 is 1.78 bits per heavy atom. The van der Waals surface area contributed by atoms with Crippen LogP contribution in [0.4, 0.5) is 4.79 Å². The lowest BCUT2D eigenvalue weighted by atomic mass is 10.1. The third kappa shape index (κ3) is 4.57. The molecule has 7 heteroatoms. The fourth-order valence-corrected chi connectivity index (χ4v) is 4.03. The van der Waals surface area contributed by atoms with Crippen LogP contribution in [0.3, 0.4) is 0 Å². The summed E-state index contributed by atoms with van der Waals surface area (Å²) in [5, 5.41) is -0.0418. The van der Waals surface area contributed by atoms with E-state index in [4.69, 9.17) is 21.1 Å². The molecule has 1 saturated heterocycles. The van der Waals surface area contributed by atoms with E-state index in [1.54, 1.807) is 19.2 Å². The number of imide groups is 1. The molecule has 3 rings (SSSR count). The van der Waals surface area contributed by atoms with E-state index in [0.29, 0.717) is 29.5 Å². The third-order valence-electron chi connectivity index (χ3n) is 4.21. The van der Waals surface area contributed by atoms with Gasteiger partial charge in [0, 0.05) is 5.02 Å². The molecule has 1 aliphatic heterocycles. The number of hydrogen-bond donors (Lipinski definition) is 0. The molecule has 0 aromatic heterocycles. The summed E-state index contributed by atoms with van der Waals surface area (Å²) < 4.78 is 10.9. The van der Waals surface area contributed by atoms with E-state index in [2.05, 4.69) is 0 Å². The Balaban J connectivity index is 1.70. The maximum atomic E-state index is 12.7. The average molecular weight is 406 g/mol. The highest BCUT2D eigenvalue weighted by Crippen LogP contribution is 2.33. The number of nitrogens with zero attached hydrogens (tertiary/aromatic N) is 1. The summed E-state index contributed by atoms with van der Waals surface area (Å²) in [5.74, 6) is 1.11. The number of carbonyl (C=O) groups excluding carboxylic acids is 2. The fourth-order valence-electron chi connectivity index (χ4n) is 2.87. The van der Waals surface area contributed by atoms with Crippen molar-refractivity contribution in [3.05, 3.63) is 58.6 Å². The first-order valence-electron chi connectivity index (χ1n) is 8.58. The van der Waals surface area contributed by atoms with Crippen molar-refractivity contribution in [3.8, 4) is 11.5 Å². The van der Waals surface area contributed by atoms with Crippen LogP contribution in [0.25, 0.3) is 0 Å². The first kappa shape index (κ1) is 19.6. The number of ether oxygens (including phenoxy) is 2. The van der Waals surface area contributed by atoms with E-state index in [0.717, 1.165) is 22.9 Å². The van der Waals surface area contributed by atoms with Gasteiger partial charge in [-0.05, 0) is 48.7 Å². The molecule has 142 valence electrons. The summed E-state index contributed by atoms with van der Waals surface area (Å²) in [5.41, 5.74) is 1.78. The molecule has 0 spiro atoms. The van der Waals surface area contributed by atoms with Crippen molar-refractivity contribution in [2.24, 2.45) is 0 Å². The van der Waals surface area contributed by atoms with Crippen LogP contribution in [-0.4, -0.2) is 35.0 Å². The average Bonchev–Trinajstić information content (AvgIpc) is 2.92. The number of rotatable bonds is 7.